The van der Waals surface area contributed by atoms with Crippen LogP contribution in [-0.4, -0.2) is 15.9 Å². The van der Waals surface area contributed by atoms with E-state index in [0.29, 0.717) is 11.3 Å². The molecule has 4 aromatic rings. The van der Waals surface area contributed by atoms with Crippen molar-refractivity contribution < 1.29 is 4.79 Å². The van der Waals surface area contributed by atoms with Crippen molar-refractivity contribution in [2.45, 2.75) is 0 Å². The lowest BCUT2D eigenvalue weighted by Gasteiger charge is -2.06. The number of carbonyl (C=O) groups is 1. The summed E-state index contributed by atoms with van der Waals surface area (Å²) >= 11 is 3.36. The topological polar surface area (TPSA) is 83.8 Å². The van der Waals surface area contributed by atoms with Crippen LogP contribution in [0.2, 0.25) is 0 Å². The van der Waals surface area contributed by atoms with Crippen molar-refractivity contribution in [1.82, 2.24) is 9.97 Å². The third kappa shape index (κ3) is 3.32. The maximum Gasteiger partial charge on any atom is 0.255 e. The van der Waals surface area contributed by atoms with E-state index >= 15 is 0 Å². The molecule has 1 aromatic heterocycles. The Morgan fingerprint density at radius 3 is 2.46 bits per heavy atom. The predicted octanol–water partition coefficient (Wildman–Crippen LogP) is 4.83. The zero-order valence-electron chi connectivity index (χ0n) is 13.7. The number of nitrogens with one attached hydrogen (secondary N) is 2. The van der Waals surface area contributed by atoms with Crippen LogP contribution in [0.4, 0.5) is 11.4 Å². The Morgan fingerprint density at radius 1 is 1.00 bits per heavy atom. The van der Waals surface area contributed by atoms with Gasteiger partial charge in [0.2, 0.25) is 0 Å². The highest BCUT2D eigenvalue weighted by atomic mass is 79.9. The number of aromatic nitrogens is 2. The monoisotopic (exact) mass is 406 g/mol. The molecule has 4 N–H and O–H groups in total. The number of hydrogen-bond donors (Lipinski definition) is 3. The summed E-state index contributed by atoms with van der Waals surface area (Å²) in [7, 11) is 0. The third-order valence-electron chi connectivity index (χ3n) is 4.03. The first-order chi connectivity index (χ1) is 12.6. The van der Waals surface area contributed by atoms with E-state index in [1.807, 2.05) is 54.6 Å². The first-order valence-corrected chi connectivity index (χ1v) is 8.80. The molecule has 0 bridgehead atoms. The van der Waals surface area contributed by atoms with Gasteiger partial charge in [-0.25, -0.2) is 4.98 Å². The van der Waals surface area contributed by atoms with Gasteiger partial charge in [-0.2, -0.15) is 0 Å². The zero-order chi connectivity index (χ0) is 18.1. The summed E-state index contributed by atoms with van der Waals surface area (Å²) in [6.45, 7) is 0. The van der Waals surface area contributed by atoms with Gasteiger partial charge >= 0.3 is 0 Å². The summed E-state index contributed by atoms with van der Waals surface area (Å²) in [6, 6.07) is 20.3. The van der Waals surface area contributed by atoms with Crippen LogP contribution in [0.15, 0.2) is 71.2 Å². The van der Waals surface area contributed by atoms with Gasteiger partial charge in [0.05, 0.1) is 11.0 Å². The fourth-order valence-electron chi connectivity index (χ4n) is 2.68. The van der Waals surface area contributed by atoms with Crippen molar-refractivity contribution in [3.8, 4) is 11.4 Å². The minimum absolute atomic E-state index is 0.149. The molecule has 0 saturated heterocycles. The standard InChI is InChI=1S/C20H15BrN4O/c21-14-5-1-13(2-6-14)20(26)23-16-8-3-12(4-9-16)19-24-17-10-7-15(22)11-18(17)25-19/h1-11H,22H2,(H,23,26)(H,24,25). The van der Waals surface area contributed by atoms with Gasteiger partial charge in [-0.05, 0) is 66.7 Å². The van der Waals surface area contributed by atoms with Crippen LogP contribution in [0.25, 0.3) is 22.4 Å². The first kappa shape index (κ1) is 16.4. The Balaban J connectivity index is 1.54. The van der Waals surface area contributed by atoms with Crippen LogP contribution in [-0.2, 0) is 0 Å². The molecule has 26 heavy (non-hydrogen) atoms. The van der Waals surface area contributed by atoms with Crippen molar-refractivity contribution in [1.29, 1.82) is 0 Å². The normalized spacial score (nSPS) is 10.8. The van der Waals surface area contributed by atoms with Gasteiger partial charge in [-0.3, -0.25) is 4.79 Å². The summed E-state index contributed by atoms with van der Waals surface area (Å²) in [5, 5.41) is 2.89. The van der Waals surface area contributed by atoms with E-state index in [1.54, 1.807) is 12.1 Å². The molecule has 6 heteroatoms. The molecule has 0 aliphatic heterocycles. The van der Waals surface area contributed by atoms with E-state index in [9.17, 15) is 4.79 Å². The van der Waals surface area contributed by atoms with Gasteiger partial charge in [0.15, 0.2) is 0 Å². The highest BCUT2D eigenvalue weighted by Gasteiger charge is 2.08. The second-order valence-electron chi connectivity index (χ2n) is 5.90. The van der Waals surface area contributed by atoms with Gasteiger partial charge in [-0.1, -0.05) is 15.9 Å². The second-order valence-corrected chi connectivity index (χ2v) is 6.82. The molecule has 128 valence electrons. The predicted molar refractivity (Wildman–Crippen MR) is 108 cm³/mol. The van der Waals surface area contributed by atoms with Crippen LogP contribution in [0.3, 0.4) is 0 Å². The van der Waals surface area contributed by atoms with Gasteiger partial charge < -0.3 is 16.0 Å². The van der Waals surface area contributed by atoms with Crippen LogP contribution >= 0.6 is 15.9 Å². The van der Waals surface area contributed by atoms with E-state index in [4.69, 9.17) is 5.73 Å². The highest BCUT2D eigenvalue weighted by molar-refractivity contribution is 9.10. The number of carbonyl (C=O) groups excluding carboxylic acids is 1. The lowest BCUT2D eigenvalue weighted by molar-refractivity contribution is 0.102. The number of nitrogens with two attached hydrogens (primary N) is 1. The van der Waals surface area contributed by atoms with Crippen LogP contribution in [0, 0.1) is 0 Å². The lowest BCUT2D eigenvalue weighted by atomic mass is 10.1. The van der Waals surface area contributed by atoms with Gasteiger partial charge in [-0.15, -0.1) is 0 Å². The molecule has 5 nitrogen and oxygen atoms in total. The minimum atomic E-state index is -0.149. The Morgan fingerprint density at radius 2 is 1.73 bits per heavy atom. The summed E-state index contributed by atoms with van der Waals surface area (Å²) in [5.74, 6) is 0.612. The molecule has 0 fully saturated rings. The van der Waals surface area contributed by atoms with Crippen molar-refractivity contribution in [3.63, 3.8) is 0 Å². The summed E-state index contributed by atoms with van der Waals surface area (Å²) in [6.07, 6.45) is 0. The molecule has 3 aromatic carbocycles. The lowest BCUT2D eigenvalue weighted by Crippen LogP contribution is -2.11. The number of nitrogen functional groups attached to an aromatic ring is 1. The summed E-state index contributed by atoms with van der Waals surface area (Å²) in [4.78, 5) is 20.1. The van der Waals surface area contributed by atoms with E-state index < -0.39 is 0 Å². The number of H-pyrrole nitrogens is 1. The summed E-state index contributed by atoms with van der Waals surface area (Å²) in [5.41, 5.74) is 10.5. The number of hydrogen-bond acceptors (Lipinski definition) is 3. The second kappa shape index (κ2) is 6.65. The number of benzene rings is 3. The Kier molecular flexibility index (Phi) is 4.18. The van der Waals surface area contributed by atoms with Crippen molar-refractivity contribution in [3.05, 3.63) is 76.8 Å². The van der Waals surface area contributed by atoms with Crippen LogP contribution in [0.5, 0.6) is 0 Å². The average molecular weight is 407 g/mol. The Labute approximate surface area is 158 Å². The van der Waals surface area contributed by atoms with Crippen molar-refractivity contribution in [2.24, 2.45) is 0 Å². The van der Waals surface area contributed by atoms with Crippen molar-refractivity contribution in [2.75, 3.05) is 11.1 Å². The fraction of sp³-hybridized carbons (Fsp3) is 0. The number of amides is 1. The number of fused-ring (bicyclic) bond motifs is 1. The number of imidazole rings is 1. The molecule has 0 unspecified atom stereocenters. The van der Waals surface area contributed by atoms with Gasteiger partial charge in [0, 0.05) is 27.0 Å². The molecular formula is C20H15BrN4O. The smallest absolute Gasteiger partial charge is 0.255 e. The zero-order valence-corrected chi connectivity index (χ0v) is 15.2. The Bertz CT molecular complexity index is 1090. The summed E-state index contributed by atoms with van der Waals surface area (Å²) < 4.78 is 0.936. The Hall–Kier alpha value is -3.12. The molecule has 0 atom stereocenters. The molecule has 0 spiro atoms. The molecule has 1 amide bonds. The maximum atomic E-state index is 12.3. The minimum Gasteiger partial charge on any atom is -0.399 e. The van der Waals surface area contributed by atoms with Crippen LogP contribution in [0.1, 0.15) is 10.4 Å². The molecule has 0 aliphatic carbocycles. The quantitative estimate of drug-likeness (QED) is 0.426. The molecule has 1 heterocycles. The SMILES string of the molecule is Nc1ccc2nc(-c3ccc(NC(=O)c4ccc(Br)cc4)cc3)[nH]c2c1. The van der Waals surface area contributed by atoms with Crippen LogP contribution < -0.4 is 11.1 Å². The van der Waals surface area contributed by atoms with Crippen molar-refractivity contribution >= 4 is 44.2 Å². The number of rotatable bonds is 3. The highest BCUT2D eigenvalue weighted by Crippen LogP contribution is 2.23. The number of halogens is 1. The van der Waals surface area contributed by atoms with E-state index in [-0.39, 0.29) is 5.91 Å². The molecule has 0 saturated carbocycles. The largest absolute Gasteiger partial charge is 0.399 e. The van der Waals surface area contributed by atoms with Gasteiger partial charge in [0.1, 0.15) is 5.82 Å². The molecule has 4 rings (SSSR count). The third-order valence-corrected chi connectivity index (χ3v) is 4.56. The average Bonchev–Trinajstić information content (AvgIpc) is 3.06. The van der Waals surface area contributed by atoms with E-state index in [1.165, 1.54) is 0 Å². The fourth-order valence-corrected chi connectivity index (χ4v) is 2.94. The molecule has 0 aliphatic rings. The number of nitrogens with zero attached hydrogens (tertiary/aromatic N) is 1. The molecular weight excluding hydrogens is 392 g/mol. The number of aromatic amines is 1. The number of anilines is 2. The molecule has 0 radical (unpaired) electrons. The van der Waals surface area contributed by atoms with E-state index in [0.717, 1.165) is 32.6 Å². The maximum absolute atomic E-state index is 12.3. The van der Waals surface area contributed by atoms with E-state index in [2.05, 4.69) is 31.2 Å². The first-order valence-electron chi connectivity index (χ1n) is 8.01. The van der Waals surface area contributed by atoms with Gasteiger partial charge in [0.25, 0.3) is 5.91 Å².